The summed E-state index contributed by atoms with van der Waals surface area (Å²) < 4.78 is 0. The van der Waals surface area contributed by atoms with Crippen molar-refractivity contribution in [1.29, 1.82) is 0 Å². The predicted octanol–water partition coefficient (Wildman–Crippen LogP) is -0.672. The van der Waals surface area contributed by atoms with Crippen LogP contribution in [0.15, 0.2) is 0 Å². The summed E-state index contributed by atoms with van der Waals surface area (Å²) >= 11 is 0. The van der Waals surface area contributed by atoms with E-state index in [1.807, 2.05) is 6.92 Å². The van der Waals surface area contributed by atoms with Crippen molar-refractivity contribution in [3.63, 3.8) is 0 Å². The van der Waals surface area contributed by atoms with Crippen LogP contribution in [-0.4, -0.2) is 60.8 Å². The van der Waals surface area contributed by atoms with Gasteiger partial charge in [0.05, 0.1) is 11.9 Å². The summed E-state index contributed by atoms with van der Waals surface area (Å²) in [5.41, 5.74) is -1.88. The van der Waals surface area contributed by atoms with E-state index in [4.69, 9.17) is 0 Å². The van der Waals surface area contributed by atoms with Crippen LogP contribution in [0.25, 0.3) is 0 Å². The minimum atomic E-state index is -1.88. The molecule has 1 atom stereocenters. The van der Waals surface area contributed by atoms with Gasteiger partial charge in [-0.05, 0) is 19.3 Å². The van der Waals surface area contributed by atoms with Crippen LogP contribution in [0.3, 0.4) is 0 Å². The monoisotopic (exact) mass is 352 g/mol. The Bertz CT molecular complexity index is 226. The zero-order chi connectivity index (χ0) is 12.1. The van der Waals surface area contributed by atoms with Gasteiger partial charge in [0.2, 0.25) is 0 Å². The topological polar surface area (TPSA) is 80.3 Å². The molecule has 0 aliphatic carbocycles. The molecular weight excluding hydrogens is 333 g/mol. The van der Waals surface area contributed by atoms with Gasteiger partial charge in [0.15, 0.2) is 0 Å². The van der Waals surface area contributed by atoms with Gasteiger partial charge in [-0.3, -0.25) is 0 Å². The zero-order valence-corrected chi connectivity index (χ0v) is 14.7. The molecule has 5 heteroatoms. The number of carboxylic acid groups (broad SMARTS) is 2. The first-order valence-corrected chi connectivity index (χ1v) is 5.30. The van der Waals surface area contributed by atoms with Gasteiger partial charge in [0, 0.05) is 5.41 Å². The average Bonchev–Trinajstić information content (AvgIpc) is 2.15. The molecule has 0 rings (SSSR count). The largest absolute Gasteiger partial charge is 2.00 e. The van der Waals surface area contributed by atoms with Gasteiger partial charge in [-0.25, -0.2) is 0 Å². The number of aliphatic carboxylic acids is 2. The maximum atomic E-state index is 10.8. The van der Waals surface area contributed by atoms with Crippen LogP contribution in [0.4, 0.5) is 0 Å². The molecule has 0 N–H and O–H groups in total. The molecule has 0 aromatic carbocycles. The van der Waals surface area contributed by atoms with Gasteiger partial charge in [-0.1, -0.05) is 33.1 Å². The van der Waals surface area contributed by atoms with Crippen molar-refractivity contribution in [3.05, 3.63) is 0 Å². The molecule has 0 aliphatic rings. The van der Waals surface area contributed by atoms with Crippen LogP contribution in [0.2, 0.25) is 0 Å². The Morgan fingerprint density at radius 1 is 1.19 bits per heavy atom. The first-order chi connectivity index (χ1) is 6.87. The second-order valence-corrected chi connectivity index (χ2v) is 4.17. The van der Waals surface area contributed by atoms with Crippen molar-refractivity contribution in [1.82, 2.24) is 0 Å². The number of carboxylic acids is 2. The molecule has 88 valence electrons. The molecule has 1 unspecified atom stereocenters. The van der Waals surface area contributed by atoms with Crippen LogP contribution in [0.1, 0.15) is 46.5 Å². The number of carbonyl (C=O) groups is 2. The summed E-state index contributed by atoms with van der Waals surface area (Å²) in [7, 11) is 0. The third-order valence-electron chi connectivity index (χ3n) is 3.07. The quantitative estimate of drug-likeness (QED) is 0.346. The molecule has 0 bridgehead atoms. The second kappa shape index (κ2) is 8.58. The predicted molar refractivity (Wildman–Crippen MR) is 57.2 cm³/mol. The van der Waals surface area contributed by atoms with E-state index < -0.39 is 23.3 Å². The molecular formula is C11H18BaO4. The number of hydrogen-bond acceptors (Lipinski definition) is 4. The van der Waals surface area contributed by atoms with Crippen LogP contribution >= 0.6 is 0 Å². The van der Waals surface area contributed by atoms with Crippen molar-refractivity contribution in [2.75, 3.05) is 0 Å². The number of rotatable bonds is 7. The average molecular weight is 352 g/mol. The van der Waals surface area contributed by atoms with Gasteiger partial charge in [0.1, 0.15) is 0 Å². The molecule has 4 nitrogen and oxygen atoms in total. The smallest absolute Gasteiger partial charge is 0.549 e. The molecule has 0 saturated heterocycles. The summed E-state index contributed by atoms with van der Waals surface area (Å²) in [4.78, 5) is 21.6. The molecule has 0 saturated carbocycles. The third-order valence-corrected chi connectivity index (χ3v) is 3.07. The Balaban J connectivity index is 0. The Morgan fingerprint density at radius 2 is 1.62 bits per heavy atom. The molecule has 0 amide bonds. The molecule has 16 heavy (non-hydrogen) atoms. The van der Waals surface area contributed by atoms with E-state index in [0.717, 1.165) is 26.2 Å². The van der Waals surface area contributed by atoms with E-state index in [1.54, 1.807) is 6.92 Å². The molecule has 0 radical (unpaired) electrons. The first-order valence-electron chi connectivity index (χ1n) is 5.30. The second-order valence-electron chi connectivity index (χ2n) is 4.17. The van der Waals surface area contributed by atoms with Crippen molar-refractivity contribution in [2.24, 2.45) is 11.3 Å². The van der Waals surface area contributed by atoms with Crippen LogP contribution in [0, 0.1) is 11.3 Å². The summed E-state index contributed by atoms with van der Waals surface area (Å²) in [6, 6.07) is 0. The fraction of sp³-hybridized carbons (Fsp3) is 0.818. The van der Waals surface area contributed by atoms with E-state index in [-0.39, 0.29) is 48.9 Å². The van der Waals surface area contributed by atoms with Crippen LogP contribution in [-0.2, 0) is 9.59 Å². The molecule has 0 fully saturated rings. The zero-order valence-electron chi connectivity index (χ0n) is 10.2. The Labute approximate surface area is 137 Å². The van der Waals surface area contributed by atoms with Gasteiger partial charge in [-0.15, -0.1) is 0 Å². The standard InChI is InChI=1S/C11H20O4.Ba/c1-4-5-6-7-8(2)11(3,9(12)13)10(14)15;/h8H,4-7H2,1-3H3,(H,12,13)(H,14,15);/q;+2/p-2. The van der Waals surface area contributed by atoms with E-state index in [0.29, 0.717) is 6.42 Å². The molecule has 0 aromatic heterocycles. The fourth-order valence-corrected chi connectivity index (χ4v) is 1.47. The molecule has 0 heterocycles. The van der Waals surface area contributed by atoms with Crippen LogP contribution < -0.4 is 10.2 Å². The van der Waals surface area contributed by atoms with Crippen molar-refractivity contribution >= 4 is 60.8 Å². The molecule has 0 aromatic rings. The third kappa shape index (κ3) is 4.79. The maximum Gasteiger partial charge on any atom is 2.00 e. The number of carbonyl (C=O) groups excluding carboxylic acids is 2. The number of hydrogen-bond donors (Lipinski definition) is 0. The summed E-state index contributed by atoms with van der Waals surface area (Å²) in [6.45, 7) is 4.80. The van der Waals surface area contributed by atoms with E-state index in [2.05, 4.69) is 0 Å². The van der Waals surface area contributed by atoms with E-state index >= 15 is 0 Å². The van der Waals surface area contributed by atoms with Crippen LogP contribution in [0.5, 0.6) is 0 Å². The van der Waals surface area contributed by atoms with E-state index in [9.17, 15) is 19.8 Å². The summed E-state index contributed by atoms with van der Waals surface area (Å²) in [6.07, 6.45) is 3.38. The van der Waals surface area contributed by atoms with Gasteiger partial charge in [-0.2, -0.15) is 0 Å². The van der Waals surface area contributed by atoms with Crippen molar-refractivity contribution in [3.8, 4) is 0 Å². The summed E-state index contributed by atoms with van der Waals surface area (Å²) in [5.74, 6) is -3.60. The fourth-order valence-electron chi connectivity index (χ4n) is 1.47. The molecule has 0 aliphatic heterocycles. The first kappa shape index (κ1) is 18.9. The summed E-state index contributed by atoms with van der Waals surface area (Å²) in [5, 5.41) is 21.6. The Hall–Kier alpha value is 0.511. The van der Waals surface area contributed by atoms with Crippen molar-refractivity contribution < 1.29 is 19.8 Å². The number of unbranched alkanes of at least 4 members (excludes halogenated alkanes) is 2. The minimum absolute atomic E-state index is 0. The van der Waals surface area contributed by atoms with Gasteiger partial charge in [0.25, 0.3) is 0 Å². The Kier molecular flexibility index (Phi) is 10.1. The Morgan fingerprint density at radius 3 is 1.94 bits per heavy atom. The van der Waals surface area contributed by atoms with Crippen molar-refractivity contribution in [2.45, 2.75) is 46.5 Å². The minimum Gasteiger partial charge on any atom is -0.549 e. The normalized spacial score (nSPS) is 12.7. The molecule has 0 spiro atoms. The SMILES string of the molecule is CCCCCC(C)C(C)(C(=O)[O-])C(=O)[O-].[Ba+2]. The van der Waals surface area contributed by atoms with E-state index in [1.165, 1.54) is 0 Å². The van der Waals surface area contributed by atoms with Gasteiger partial charge < -0.3 is 19.8 Å². The van der Waals surface area contributed by atoms with Gasteiger partial charge >= 0.3 is 48.9 Å². The maximum absolute atomic E-state index is 10.8.